The summed E-state index contributed by atoms with van der Waals surface area (Å²) < 4.78 is 37.9. The van der Waals surface area contributed by atoms with Gasteiger partial charge in [-0.15, -0.1) is 11.3 Å². The van der Waals surface area contributed by atoms with Crippen molar-refractivity contribution in [3.63, 3.8) is 0 Å². The van der Waals surface area contributed by atoms with Crippen LogP contribution in [-0.4, -0.2) is 18.5 Å². The molecule has 1 atom stereocenters. The van der Waals surface area contributed by atoms with Gasteiger partial charge in [0.2, 0.25) is 5.91 Å². The van der Waals surface area contributed by atoms with Gasteiger partial charge in [-0.1, -0.05) is 19.9 Å². The van der Waals surface area contributed by atoms with Crippen molar-refractivity contribution in [3.05, 3.63) is 52.2 Å². The number of benzene rings is 1. The van der Waals surface area contributed by atoms with Gasteiger partial charge in [-0.05, 0) is 48.1 Å². The van der Waals surface area contributed by atoms with Crippen molar-refractivity contribution in [1.82, 2.24) is 5.32 Å². The predicted octanol–water partition coefficient (Wildman–Crippen LogP) is 4.95. The van der Waals surface area contributed by atoms with Gasteiger partial charge in [0.1, 0.15) is 0 Å². The molecule has 1 amide bonds. The Kier molecular flexibility index (Phi) is 7.08. The predicted molar refractivity (Wildman–Crippen MR) is 99.3 cm³/mol. The van der Waals surface area contributed by atoms with Gasteiger partial charge < -0.3 is 10.6 Å². The highest BCUT2D eigenvalue weighted by Gasteiger charge is 2.30. The molecular formula is C19H23F3N2OS. The molecule has 26 heavy (non-hydrogen) atoms. The van der Waals surface area contributed by atoms with E-state index >= 15 is 0 Å². The fourth-order valence-electron chi connectivity index (χ4n) is 2.54. The van der Waals surface area contributed by atoms with Gasteiger partial charge in [0.25, 0.3) is 0 Å². The van der Waals surface area contributed by atoms with Crippen LogP contribution in [-0.2, 0) is 17.4 Å². The number of halogens is 3. The minimum atomic E-state index is -4.33. The first-order valence-electron chi connectivity index (χ1n) is 8.48. The van der Waals surface area contributed by atoms with Gasteiger partial charge in [-0.2, -0.15) is 13.2 Å². The van der Waals surface area contributed by atoms with E-state index in [2.05, 4.69) is 10.6 Å². The van der Waals surface area contributed by atoms with E-state index < -0.39 is 11.7 Å². The summed E-state index contributed by atoms with van der Waals surface area (Å²) in [6, 6.07) is 8.91. The quantitative estimate of drug-likeness (QED) is 0.676. The number of rotatable bonds is 8. The fraction of sp³-hybridized carbons (Fsp3) is 0.421. The molecule has 0 spiro atoms. The van der Waals surface area contributed by atoms with Crippen molar-refractivity contribution in [2.75, 3.05) is 11.9 Å². The lowest BCUT2D eigenvalue weighted by Gasteiger charge is -2.24. The van der Waals surface area contributed by atoms with E-state index in [1.165, 1.54) is 12.1 Å². The van der Waals surface area contributed by atoms with Crippen LogP contribution >= 0.6 is 11.3 Å². The van der Waals surface area contributed by atoms with Gasteiger partial charge in [-0.25, -0.2) is 0 Å². The van der Waals surface area contributed by atoms with E-state index in [0.29, 0.717) is 25.1 Å². The highest BCUT2D eigenvalue weighted by Crippen LogP contribution is 2.30. The summed E-state index contributed by atoms with van der Waals surface area (Å²) in [6.07, 6.45) is -3.27. The summed E-state index contributed by atoms with van der Waals surface area (Å²) in [5, 5.41) is 8.10. The zero-order chi connectivity index (χ0) is 19.2. The SMILES string of the molecule is CC(C)[C@H](CCNC(=O)Cc1cccs1)Nc1ccc(C(F)(F)F)cc1. The Labute approximate surface area is 155 Å². The fourth-order valence-corrected chi connectivity index (χ4v) is 3.25. The zero-order valence-corrected chi connectivity index (χ0v) is 15.6. The summed E-state index contributed by atoms with van der Waals surface area (Å²) in [5.74, 6) is 0.246. The van der Waals surface area contributed by atoms with Crippen LogP contribution in [0.5, 0.6) is 0 Å². The molecule has 0 aliphatic heterocycles. The number of hydrogen-bond donors (Lipinski definition) is 2. The second-order valence-electron chi connectivity index (χ2n) is 6.46. The topological polar surface area (TPSA) is 41.1 Å². The Morgan fingerprint density at radius 1 is 1.15 bits per heavy atom. The third kappa shape index (κ3) is 6.37. The third-order valence-corrected chi connectivity index (χ3v) is 4.94. The Balaban J connectivity index is 1.83. The second kappa shape index (κ2) is 9.07. The highest BCUT2D eigenvalue weighted by atomic mass is 32.1. The minimum Gasteiger partial charge on any atom is -0.382 e. The maximum Gasteiger partial charge on any atom is 0.416 e. The first-order valence-corrected chi connectivity index (χ1v) is 9.36. The molecular weight excluding hydrogens is 361 g/mol. The van der Waals surface area contributed by atoms with Gasteiger partial charge >= 0.3 is 6.18 Å². The molecule has 2 aromatic rings. The third-order valence-electron chi connectivity index (χ3n) is 4.06. The summed E-state index contributed by atoms with van der Waals surface area (Å²) >= 11 is 1.55. The largest absolute Gasteiger partial charge is 0.416 e. The van der Waals surface area contributed by atoms with E-state index in [9.17, 15) is 18.0 Å². The van der Waals surface area contributed by atoms with Crippen molar-refractivity contribution in [2.24, 2.45) is 5.92 Å². The number of amides is 1. The number of hydrogen-bond acceptors (Lipinski definition) is 3. The van der Waals surface area contributed by atoms with Gasteiger partial charge in [0.05, 0.1) is 12.0 Å². The van der Waals surface area contributed by atoms with Crippen molar-refractivity contribution >= 4 is 22.9 Å². The molecule has 1 heterocycles. The number of anilines is 1. The summed E-state index contributed by atoms with van der Waals surface area (Å²) in [4.78, 5) is 12.9. The van der Waals surface area contributed by atoms with E-state index in [1.54, 1.807) is 11.3 Å². The van der Waals surface area contributed by atoms with Crippen molar-refractivity contribution < 1.29 is 18.0 Å². The average Bonchev–Trinajstić information content (AvgIpc) is 3.06. The Bertz CT molecular complexity index is 682. The van der Waals surface area contributed by atoms with E-state index in [4.69, 9.17) is 0 Å². The van der Waals surface area contributed by atoms with Crippen molar-refractivity contribution in [2.45, 2.75) is 38.9 Å². The second-order valence-corrected chi connectivity index (χ2v) is 7.50. The number of carbonyl (C=O) groups is 1. The van der Waals surface area contributed by atoms with Gasteiger partial charge in [0.15, 0.2) is 0 Å². The van der Waals surface area contributed by atoms with Crippen LogP contribution in [0.3, 0.4) is 0 Å². The summed E-state index contributed by atoms with van der Waals surface area (Å²) in [6.45, 7) is 4.59. The molecule has 2 N–H and O–H groups in total. The lowest BCUT2D eigenvalue weighted by Crippen LogP contribution is -2.33. The molecule has 0 saturated heterocycles. The number of carbonyl (C=O) groups excluding carboxylic acids is 1. The van der Waals surface area contributed by atoms with Gasteiger partial charge in [0, 0.05) is 23.2 Å². The molecule has 0 aliphatic rings. The summed E-state index contributed by atoms with van der Waals surface area (Å²) in [5.41, 5.74) is -0.0217. The van der Waals surface area contributed by atoms with Gasteiger partial charge in [-0.3, -0.25) is 4.79 Å². The number of alkyl halides is 3. The monoisotopic (exact) mass is 384 g/mol. The maximum atomic E-state index is 12.6. The molecule has 142 valence electrons. The van der Waals surface area contributed by atoms with Crippen LogP contribution in [0.25, 0.3) is 0 Å². The van der Waals surface area contributed by atoms with Crippen LogP contribution in [0.2, 0.25) is 0 Å². The number of thiophene rings is 1. The Hall–Kier alpha value is -2.02. The molecule has 0 aliphatic carbocycles. The maximum absolute atomic E-state index is 12.6. The number of nitrogens with one attached hydrogen (secondary N) is 2. The van der Waals surface area contributed by atoms with Crippen LogP contribution in [0.4, 0.5) is 18.9 Å². The molecule has 0 fully saturated rings. The first kappa shape index (κ1) is 20.3. The van der Waals surface area contributed by atoms with E-state index in [1.807, 2.05) is 31.4 Å². The average molecular weight is 384 g/mol. The molecule has 7 heteroatoms. The lowest BCUT2D eigenvalue weighted by molar-refractivity contribution is -0.137. The molecule has 1 aromatic heterocycles. The molecule has 0 unspecified atom stereocenters. The molecule has 0 radical (unpaired) electrons. The molecule has 0 bridgehead atoms. The normalized spacial score (nSPS) is 12.8. The Morgan fingerprint density at radius 2 is 1.85 bits per heavy atom. The smallest absolute Gasteiger partial charge is 0.382 e. The first-order chi connectivity index (χ1) is 12.3. The van der Waals surface area contributed by atoms with Crippen molar-refractivity contribution in [3.8, 4) is 0 Å². The van der Waals surface area contributed by atoms with Crippen molar-refractivity contribution in [1.29, 1.82) is 0 Å². The molecule has 0 saturated carbocycles. The van der Waals surface area contributed by atoms with E-state index in [0.717, 1.165) is 17.0 Å². The summed E-state index contributed by atoms with van der Waals surface area (Å²) in [7, 11) is 0. The van der Waals surface area contributed by atoms with Crippen LogP contribution in [0.1, 0.15) is 30.7 Å². The Morgan fingerprint density at radius 3 is 2.38 bits per heavy atom. The van der Waals surface area contributed by atoms with Crippen LogP contribution in [0.15, 0.2) is 41.8 Å². The molecule has 1 aromatic carbocycles. The lowest BCUT2D eigenvalue weighted by atomic mass is 10.0. The van der Waals surface area contributed by atoms with Crippen LogP contribution in [0, 0.1) is 5.92 Å². The highest BCUT2D eigenvalue weighted by molar-refractivity contribution is 7.10. The molecule has 2 rings (SSSR count). The van der Waals surface area contributed by atoms with Crippen LogP contribution < -0.4 is 10.6 Å². The zero-order valence-electron chi connectivity index (χ0n) is 14.8. The minimum absolute atomic E-state index is 0.0236. The standard InChI is InChI=1S/C19H23F3N2OS/c1-13(2)17(9-10-23-18(25)12-16-4-3-11-26-16)24-15-7-5-14(6-8-15)19(20,21)22/h3-8,11,13,17,24H,9-10,12H2,1-2H3,(H,23,25)/t17-/m0/s1. The van der Waals surface area contributed by atoms with E-state index in [-0.39, 0.29) is 17.9 Å². The molecule has 3 nitrogen and oxygen atoms in total.